The number of methoxy groups -OCH3 is 1. The minimum absolute atomic E-state index is 0.106. The maximum Gasteiger partial charge on any atom is 0.337 e. The monoisotopic (exact) mass is 462 g/mol. The molecule has 0 saturated carbocycles. The Morgan fingerprint density at radius 2 is 2.00 bits per heavy atom. The van der Waals surface area contributed by atoms with Crippen LogP contribution in [0.15, 0.2) is 36.4 Å². The van der Waals surface area contributed by atoms with Crippen LogP contribution in [0, 0.1) is 0 Å². The van der Waals surface area contributed by atoms with Gasteiger partial charge in [0.1, 0.15) is 0 Å². The Hall–Kier alpha value is -2.12. The molecule has 1 N–H and O–H groups in total. The van der Waals surface area contributed by atoms with Crippen LogP contribution in [0.1, 0.15) is 40.7 Å². The van der Waals surface area contributed by atoms with Crippen molar-refractivity contribution in [2.45, 2.75) is 30.9 Å². The molecule has 2 heterocycles. The molecule has 0 bridgehead atoms. The van der Waals surface area contributed by atoms with Gasteiger partial charge in [-0.05, 0) is 51.1 Å². The molecule has 31 heavy (non-hydrogen) atoms. The summed E-state index contributed by atoms with van der Waals surface area (Å²) in [6.07, 6.45) is 2.91. The molecule has 0 aliphatic carbocycles. The number of halogens is 2. The molecular weight excluding hydrogens is 439 g/mol. The highest BCUT2D eigenvalue weighted by atomic mass is 35.5. The number of nitrogens with zero attached hydrogens (tertiary/aromatic N) is 2. The van der Waals surface area contributed by atoms with Gasteiger partial charge in [-0.1, -0.05) is 41.4 Å². The van der Waals surface area contributed by atoms with Crippen molar-refractivity contribution < 1.29 is 19.4 Å². The smallest absolute Gasteiger partial charge is 0.337 e. The Morgan fingerprint density at radius 3 is 2.65 bits per heavy atom. The first-order chi connectivity index (χ1) is 14.8. The molecule has 8 heteroatoms. The zero-order valence-electron chi connectivity index (χ0n) is 17.4. The van der Waals surface area contributed by atoms with Gasteiger partial charge in [-0.3, -0.25) is 4.79 Å². The van der Waals surface area contributed by atoms with Crippen LogP contribution in [0.3, 0.4) is 0 Å². The fourth-order valence-electron chi connectivity index (χ4n) is 4.66. The lowest BCUT2D eigenvalue weighted by atomic mass is 9.87. The van der Waals surface area contributed by atoms with Gasteiger partial charge < -0.3 is 19.6 Å². The van der Waals surface area contributed by atoms with Crippen LogP contribution < -0.4 is 4.90 Å². The summed E-state index contributed by atoms with van der Waals surface area (Å²) in [5.74, 6) is -1.10. The van der Waals surface area contributed by atoms with E-state index in [-0.39, 0.29) is 26.7 Å². The van der Waals surface area contributed by atoms with Gasteiger partial charge in [-0.15, -0.1) is 0 Å². The van der Waals surface area contributed by atoms with Crippen LogP contribution in [0.2, 0.25) is 10.0 Å². The van der Waals surface area contributed by atoms with Gasteiger partial charge in [0.15, 0.2) is 5.60 Å². The minimum Gasteiger partial charge on any atom is -0.465 e. The normalized spacial score (nSPS) is 23.3. The molecule has 164 valence electrons. The number of ether oxygens (including phenoxy) is 1. The van der Waals surface area contributed by atoms with Crippen molar-refractivity contribution in [2.75, 3.05) is 32.1 Å². The number of anilines is 1. The Bertz CT molecular complexity index is 1040. The average Bonchev–Trinajstić information content (AvgIpc) is 3.25. The van der Waals surface area contributed by atoms with E-state index in [1.165, 1.54) is 18.1 Å². The lowest BCUT2D eigenvalue weighted by molar-refractivity contribution is -0.132. The highest BCUT2D eigenvalue weighted by Crippen LogP contribution is 2.50. The maximum absolute atomic E-state index is 13.7. The number of benzene rings is 2. The largest absolute Gasteiger partial charge is 0.465 e. The number of rotatable bonds is 5. The molecule has 2 aliphatic rings. The number of carbonyl (C=O) groups excluding carboxylic acids is 2. The second-order valence-corrected chi connectivity index (χ2v) is 8.87. The zero-order valence-corrected chi connectivity index (χ0v) is 18.9. The maximum atomic E-state index is 13.7. The van der Waals surface area contributed by atoms with E-state index in [4.69, 9.17) is 27.9 Å². The van der Waals surface area contributed by atoms with Crippen LogP contribution in [0.25, 0.3) is 0 Å². The summed E-state index contributed by atoms with van der Waals surface area (Å²) in [6.45, 7) is 1.41. The van der Waals surface area contributed by atoms with Gasteiger partial charge in [-0.2, -0.15) is 0 Å². The number of aliphatic hydroxyl groups is 1. The van der Waals surface area contributed by atoms with Gasteiger partial charge in [0.2, 0.25) is 0 Å². The fraction of sp³-hybridized carbons (Fsp3) is 0.391. The molecule has 0 spiro atoms. The van der Waals surface area contributed by atoms with Gasteiger partial charge in [-0.25, -0.2) is 4.79 Å². The van der Waals surface area contributed by atoms with Crippen LogP contribution in [0.4, 0.5) is 5.69 Å². The van der Waals surface area contributed by atoms with Crippen molar-refractivity contribution in [3.8, 4) is 0 Å². The minimum atomic E-state index is -2.04. The summed E-state index contributed by atoms with van der Waals surface area (Å²) in [7, 11) is 3.35. The second-order valence-electron chi connectivity index (χ2n) is 8.06. The Kier molecular flexibility index (Phi) is 6.01. The summed E-state index contributed by atoms with van der Waals surface area (Å²) in [4.78, 5) is 29.6. The molecule has 2 aliphatic heterocycles. The number of hydrogen-bond acceptors (Lipinski definition) is 5. The van der Waals surface area contributed by atoms with Crippen molar-refractivity contribution in [1.29, 1.82) is 0 Å². The first-order valence-electron chi connectivity index (χ1n) is 10.2. The van der Waals surface area contributed by atoms with E-state index in [2.05, 4.69) is 11.9 Å². The molecule has 1 fully saturated rings. The fourth-order valence-corrected chi connectivity index (χ4v) is 5.28. The molecular formula is C23H24Cl2N2O4. The first kappa shape index (κ1) is 22.1. The van der Waals surface area contributed by atoms with Crippen molar-refractivity contribution >= 4 is 40.8 Å². The average molecular weight is 463 g/mol. The molecule has 2 aromatic rings. The quantitative estimate of drug-likeness (QED) is 0.683. The molecule has 1 saturated heterocycles. The van der Waals surface area contributed by atoms with E-state index in [0.717, 1.165) is 25.8 Å². The molecule has 6 nitrogen and oxygen atoms in total. The SMILES string of the molecule is COC(=O)c1cc(Cl)c2c(c1)N(CCC1CCCN1C)C(=O)C2(O)c1ccccc1Cl. The highest BCUT2D eigenvalue weighted by Gasteiger charge is 2.53. The van der Waals surface area contributed by atoms with E-state index < -0.39 is 17.5 Å². The molecule has 1 amide bonds. The Morgan fingerprint density at radius 1 is 1.26 bits per heavy atom. The number of esters is 1. The lowest BCUT2D eigenvalue weighted by Crippen LogP contribution is -2.43. The summed E-state index contributed by atoms with van der Waals surface area (Å²) in [5.41, 5.74) is -0.928. The molecule has 0 radical (unpaired) electrons. The Balaban J connectivity index is 1.83. The van der Waals surface area contributed by atoms with E-state index in [9.17, 15) is 14.7 Å². The third-order valence-electron chi connectivity index (χ3n) is 6.32. The third-order valence-corrected chi connectivity index (χ3v) is 6.95. The second kappa shape index (κ2) is 8.43. The van der Waals surface area contributed by atoms with Crippen LogP contribution >= 0.6 is 23.2 Å². The van der Waals surface area contributed by atoms with Gasteiger partial charge in [0.25, 0.3) is 5.91 Å². The number of likely N-dealkylation sites (tertiary alicyclic amines) is 1. The lowest BCUT2D eigenvalue weighted by Gasteiger charge is -2.26. The highest BCUT2D eigenvalue weighted by molar-refractivity contribution is 6.35. The molecule has 4 rings (SSSR count). The van der Waals surface area contributed by atoms with Crippen LogP contribution in [0.5, 0.6) is 0 Å². The molecule has 2 aromatic carbocycles. The summed E-state index contributed by atoms with van der Waals surface area (Å²) in [5, 5.41) is 12.1. The van der Waals surface area contributed by atoms with E-state index in [1.54, 1.807) is 30.3 Å². The third kappa shape index (κ3) is 3.61. The summed E-state index contributed by atoms with van der Waals surface area (Å²) >= 11 is 12.9. The van der Waals surface area contributed by atoms with Gasteiger partial charge >= 0.3 is 5.97 Å². The topological polar surface area (TPSA) is 70.1 Å². The van der Waals surface area contributed by atoms with Crippen LogP contribution in [-0.4, -0.2) is 55.2 Å². The van der Waals surface area contributed by atoms with Crippen molar-refractivity contribution in [2.24, 2.45) is 0 Å². The number of fused-ring (bicyclic) bond motifs is 1. The number of hydrogen-bond donors (Lipinski definition) is 1. The predicted octanol–water partition coefficient (Wildman–Crippen LogP) is 3.85. The van der Waals surface area contributed by atoms with E-state index in [0.29, 0.717) is 18.3 Å². The summed E-state index contributed by atoms with van der Waals surface area (Å²) in [6, 6.07) is 9.99. The van der Waals surface area contributed by atoms with Crippen LogP contribution in [-0.2, 0) is 15.1 Å². The van der Waals surface area contributed by atoms with Crippen molar-refractivity contribution in [3.63, 3.8) is 0 Å². The molecule has 0 aromatic heterocycles. The van der Waals surface area contributed by atoms with Gasteiger partial charge in [0, 0.05) is 28.7 Å². The Labute approximate surface area is 191 Å². The van der Waals surface area contributed by atoms with Crippen molar-refractivity contribution in [3.05, 3.63) is 63.1 Å². The number of carbonyl (C=O) groups is 2. The molecule has 2 unspecified atom stereocenters. The van der Waals surface area contributed by atoms with E-state index >= 15 is 0 Å². The van der Waals surface area contributed by atoms with Crippen molar-refractivity contribution in [1.82, 2.24) is 4.90 Å². The zero-order chi connectivity index (χ0) is 22.3. The van der Waals surface area contributed by atoms with Gasteiger partial charge in [0.05, 0.1) is 23.4 Å². The summed E-state index contributed by atoms with van der Waals surface area (Å²) < 4.78 is 4.83. The van der Waals surface area contributed by atoms with E-state index in [1.807, 2.05) is 0 Å². The first-order valence-corrected chi connectivity index (χ1v) is 11.0. The molecule has 2 atom stereocenters. The standard InChI is InChI=1S/C23H24Cl2N2O4/c1-26-10-5-6-15(26)9-11-27-19-13-14(21(28)31-2)12-18(25)20(19)23(30,22(27)29)16-7-3-4-8-17(16)24/h3-4,7-8,12-13,15,30H,5-6,9-11H2,1-2H3. The number of amides is 1. The predicted molar refractivity (Wildman–Crippen MR) is 120 cm³/mol.